The first kappa shape index (κ1) is 21.3. The minimum absolute atomic E-state index is 0.0410. The van der Waals surface area contributed by atoms with Gasteiger partial charge in [0.1, 0.15) is 11.4 Å². The zero-order valence-corrected chi connectivity index (χ0v) is 17.9. The normalized spacial score (nSPS) is 21.2. The molecule has 0 saturated heterocycles. The Kier molecular flexibility index (Phi) is 8.51. The van der Waals surface area contributed by atoms with Gasteiger partial charge in [0.25, 0.3) is 0 Å². The van der Waals surface area contributed by atoms with Crippen molar-refractivity contribution in [1.82, 2.24) is 0 Å². The second kappa shape index (κ2) is 10.4. The standard InChI is InChI=1S/C25H42O/c1-5-6-7-8-9-10-11-12-13-14-17-20-25(4)24(2,3)21-22-18-15-16-19-23(22)26-25/h15-16,18-19H,5-14,17,20-21H2,1-4H3. The van der Waals surface area contributed by atoms with Crippen molar-refractivity contribution in [2.24, 2.45) is 5.41 Å². The van der Waals surface area contributed by atoms with E-state index in [0.29, 0.717) is 0 Å². The van der Waals surface area contributed by atoms with E-state index in [-0.39, 0.29) is 11.0 Å². The van der Waals surface area contributed by atoms with Crippen LogP contribution in [0.15, 0.2) is 24.3 Å². The first-order chi connectivity index (χ1) is 12.5. The van der Waals surface area contributed by atoms with Gasteiger partial charge in [0.2, 0.25) is 0 Å². The van der Waals surface area contributed by atoms with Crippen molar-refractivity contribution in [2.45, 2.75) is 117 Å². The van der Waals surface area contributed by atoms with E-state index in [1.165, 1.54) is 82.6 Å². The van der Waals surface area contributed by atoms with Crippen molar-refractivity contribution < 1.29 is 4.74 Å². The lowest BCUT2D eigenvalue weighted by atomic mass is 9.68. The first-order valence-electron chi connectivity index (χ1n) is 11.3. The van der Waals surface area contributed by atoms with Crippen LogP contribution in [0.5, 0.6) is 5.75 Å². The first-order valence-corrected chi connectivity index (χ1v) is 11.3. The number of hydrogen-bond acceptors (Lipinski definition) is 1. The highest BCUT2D eigenvalue weighted by molar-refractivity contribution is 5.37. The molecule has 148 valence electrons. The summed E-state index contributed by atoms with van der Waals surface area (Å²) in [6.45, 7) is 9.38. The van der Waals surface area contributed by atoms with Gasteiger partial charge in [-0.05, 0) is 37.8 Å². The molecule has 1 aromatic rings. The number of benzene rings is 1. The summed E-state index contributed by atoms with van der Waals surface area (Å²) in [5, 5.41) is 0. The van der Waals surface area contributed by atoms with Gasteiger partial charge in [-0.2, -0.15) is 0 Å². The van der Waals surface area contributed by atoms with Crippen LogP contribution in [0.25, 0.3) is 0 Å². The molecule has 0 N–H and O–H groups in total. The lowest BCUT2D eigenvalue weighted by molar-refractivity contribution is -0.0510. The molecule has 1 heteroatoms. The van der Waals surface area contributed by atoms with E-state index >= 15 is 0 Å². The lowest BCUT2D eigenvalue weighted by Gasteiger charge is -2.48. The van der Waals surface area contributed by atoms with Crippen LogP contribution in [0.1, 0.15) is 110 Å². The second-order valence-corrected chi connectivity index (χ2v) is 9.29. The SMILES string of the molecule is CCCCCCCCCCCCCC1(C)Oc2ccccc2CC1(C)C. The second-order valence-electron chi connectivity index (χ2n) is 9.29. The van der Waals surface area contributed by atoms with E-state index in [1.807, 2.05) is 0 Å². The fourth-order valence-electron chi connectivity index (χ4n) is 4.31. The highest BCUT2D eigenvalue weighted by atomic mass is 16.5. The number of ether oxygens (including phenoxy) is 1. The van der Waals surface area contributed by atoms with Gasteiger partial charge >= 0.3 is 0 Å². The third-order valence-corrected chi connectivity index (χ3v) is 6.63. The summed E-state index contributed by atoms with van der Waals surface area (Å²) in [7, 11) is 0. The lowest BCUT2D eigenvalue weighted by Crippen LogP contribution is -2.51. The molecule has 1 aliphatic rings. The van der Waals surface area contributed by atoms with Crippen LogP contribution in [0.2, 0.25) is 0 Å². The molecule has 1 heterocycles. The summed E-state index contributed by atoms with van der Waals surface area (Å²) >= 11 is 0. The number of unbranched alkanes of at least 4 members (excludes halogenated alkanes) is 10. The summed E-state index contributed by atoms with van der Waals surface area (Å²) in [5.41, 5.74) is 1.52. The van der Waals surface area contributed by atoms with Gasteiger partial charge in [0.15, 0.2) is 0 Å². The molecule has 1 atom stereocenters. The average Bonchev–Trinajstić information content (AvgIpc) is 2.60. The van der Waals surface area contributed by atoms with Gasteiger partial charge in [0.05, 0.1) is 0 Å². The Bertz CT molecular complexity index is 519. The highest BCUT2D eigenvalue weighted by Crippen LogP contribution is 2.47. The van der Waals surface area contributed by atoms with Gasteiger partial charge in [-0.25, -0.2) is 0 Å². The molecular weight excluding hydrogens is 316 g/mol. The molecule has 0 radical (unpaired) electrons. The largest absolute Gasteiger partial charge is 0.487 e. The van der Waals surface area contributed by atoms with Crippen molar-refractivity contribution in [1.29, 1.82) is 0 Å². The predicted molar refractivity (Wildman–Crippen MR) is 114 cm³/mol. The maximum Gasteiger partial charge on any atom is 0.123 e. The van der Waals surface area contributed by atoms with Crippen molar-refractivity contribution in [3.8, 4) is 5.75 Å². The van der Waals surface area contributed by atoms with Crippen LogP contribution in [0.3, 0.4) is 0 Å². The Morgan fingerprint density at radius 3 is 1.92 bits per heavy atom. The molecule has 0 aromatic heterocycles. The zero-order valence-electron chi connectivity index (χ0n) is 17.9. The maximum atomic E-state index is 6.53. The Morgan fingerprint density at radius 2 is 1.31 bits per heavy atom. The molecule has 1 nitrogen and oxygen atoms in total. The van der Waals surface area contributed by atoms with Gasteiger partial charge < -0.3 is 4.74 Å². The molecule has 0 saturated carbocycles. The topological polar surface area (TPSA) is 9.23 Å². The van der Waals surface area contributed by atoms with E-state index in [0.717, 1.165) is 12.2 Å². The van der Waals surface area contributed by atoms with E-state index in [2.05, 4.69) is 52.0 Å². The van der Waals surface area contributed by atoms with E-state index in [1.54, 1.807) is 0 Å². The predicted octanol–water partition coefficient (Wildman–Crippen LogP) is 8.11. The van der Waals surface area contributed by atoms with Gasteiger partial charge in [-0.3, -0.25) is 0 Å². The number of fused-ring (bicyclic) bond motifs is 1. The summed E-state index contributed by atoms with van der Waals surface area (Å²) in [4.78, 5) is 0. The Balaban J connectivity index is 1.63. The molecule has 1 unspecified atom stereocenters. The molecule has 2 rings (SSSR count). The average molecular weight is 359 g/mol. The molecule has 0 aliphatic carbocycles. The van der Waals surface area contributed by atoms with Crippen molar-refractivity contribution in [3.63, 3.8) is 0 Å². The zero-order chi connectivity index (χ0) is 18.9. The quantitative estimate of drug-likeness (QED) is 0.343. The van der Waals surface area contributed by atoms with Crippen LogP contribution >= 0.6 is 0 Å². The van der Waals surface area contributed by atoms with Crippen LogP contribution in [0.4, 0.5) is 0 Å². The van der Waals surface area contributed by atoms with Gasteiger partial charge in [-0.1, -0.05) is 103 Å². The summed E-state index contributed by atoms with van der Waals surface area (Å²) in [6.07, 6.45) is 17.7. The summed E-state index contributed by atoms with van der Waals surface area (Å²) < 4.78 is 6.53. The fraction of sp³-hybridized carbons (Fsp3) is 0.760. The number of hydrogen-bond donors (Lipinski definition) is 0. The van der Waals surface area contributed by atoms with Crippen LogP contribution in [-0.2, 0) is 6.42 Å². The van der Waals surface area contributed by atoms with Crippen LogP contribution < -0.4 is 4.74 Å². The molecule has 1 aromatic carbocycles. The minimum Gasteiger partial charge on any atom is -0.487 e. The van der Waals surface area contributed by atoms with Gasteiger partial charge in [0, 0.05) is 5.41 Å². The summed E-state index contributed by atoms with van der Waals surface area (Å²) in [5.74, 6) is 1.11. The van der Waals surface area contributed by atoms with Crippen LogP contribution in [0, 0.1) is 5.41 Å². The molecule has 0 fully saturated rings. The van der Waals surface area contributed by atoms with Crippen molar-refractivity contribution >= 4 is 0 Å². The smallest absolute Gasteiger partial charge is 0.123 e. The van der Waals surface area contributed by atoms with E-state index < -0.39 is 0 Å². The van der Waals surface area contributed by atoms with E-state index in [9.17, 15) is 0 Å². The van der Waals surface area contributed by atoms with Crippen LogP contribution in [-0.4, -0.2) is 5.60 Å². The Labute approximate surface area is 162 Å². The molecule has 0 bridgehead atoms. The fourth-order valence-corrected chi connectivity index (χ4v) is 4.31. The number of para-hydroxylation sites is 1. The third-order valence-electron chi connectivity index (χ3n) is 6.63. The monoisotopic (exact) mass is 358 g/mol. The molecule has 0 amide bonds. The van der Waals surface area contributed by atoms with E-state index in [4.69, 9.17) is 4.74 Å². The molecule has 0 spiro atoms. The Morgan fingerprint density at radius 1 is 0.769 bits per heavy atom. The third kappa shape index (κ3) is 6.03. The molecule has 1 aliphatic heterocycles. The minimum atomic E-state index is -0.0410. The highest BCUT2D eigenvalue weighted by Gasteiger charge is 2.46. The summed E-state index contributed by atoms with van der Waals surface area (Å²) in [6, 6.07) is 8.59. The molecular formula is C25H42O. The Hall–Kier alpha value is -0.980. The number of rotatable bonds is 12. The maximum absolute atomic E-state index is 6.53. The van der Waals surface area contributed by atoms with Crippen molar-refractivity contribution in [3.05, 3.63) is 29.8 Å². The van der Waals surface area contributed by atoms with Gasteiger partial charge in [-0.15, -0.1) is 0 Å². The van der Waals surface area contributed by atoms with Crippen molar-refractivity contribution in [2.75, 3.05) is 0 Å². The molecule has 26 heavy (non-hydrogen) atoms.